The molecule has 1 aromatic carbocycles. The summed E-state index contributed by atoms with van der Waals surface area (Å²) in [4.78, 5) is 22.3. The molecule has 0 bridgehead atoms. The Bertz CT molecular complexity index is 975. The van der Waals surface area contributed by atoms with Crippen LogP contribution in [0.15, 0.2) is 17.5 Å². The first-order valence-electron chi connectivity index (χ1n) is 7.92. The number of hydrogen-bond donors (Lipinski definition) is 1. The van der Waals surface area contributed by atoms with E-state index in [9.17, 15) is 4.79 Å². The van der Waals surface area contributed by atoms with Gasteiger partial charge in [-0.05, 0) is 31.5 Å². The molecule has 128 valence electrons. The van der Waals surface area contributed by atoms with Gasteiger partial charge in [-0.25, -0.2) is 9.97 Å². The van der Waals surface area contributed by atoms with E-state index in [0.29, 0.717) is 13.0 Å². The fourth-order valence-corrected chi connectivity index (χ4v) is 4.81. The smallest absolute Gasteiger partial charge is 0.251 e. The Kier molecular flexibility index (Phi) is 4.05. The maximum Gasteiger partial charge on any atom is 0.251 e. The topological polar surface area (TPSA) is 64.1 Å². The van der Waals surface area contributed by atoms with Crippen LogP contribution in [0.25, 0.3) is 10.6 Å². The van der Waals surface area contributed by atoms with Crippen LogP contribution < -0.4 is 10.1 Å². The lowest BCUT2D eigenvalue weighted by atomic mass is 10.0. The third-order valence-electron chi connectivity index (χ3n) is 4.22. The molecule has 0 unspecified atom stereocenters. The van der Waals surface area contributed by atoms with Crippen molar-refractivity contribution in [2.75, 3.05) is 7.11 Å². The Labute approximate surface area is 153 Å². The van der Waals surface area contributed by atoms with Gasteiger partial charge in [0.2, 0.25) is 0 Å². The molecule has 1 aliphatic rings. The number of ether oxygens (including phenoxy) is 1. The van der Waals surface area contributed by atoms with Gasteiger partial charge in [0.1, 0.15) is 5.75 Å². The van der Waals surface area contributed by atoms with Gasteiger partial charge in [-0.2, -0.15) is 0 Å². The summed E-state index contributed by atoms with van der Waals surface area (Å²) in [7, 11) is 1.66. The number of nitrogens with one attached hydrogen (secondary N) is 1. The fraction of sp³-hybridized carbons (Fsp3) is 0.278. The van der Waals surface area contributed by atoms with Crippen molar-refractivity contribution < 1.29 is 9.53 Å². The molecule has 1 amide bonds. The predicted octanol–water partition coefficient (Wildman–Crippen LogP) is 3.73. The van der Waals surface area contributed by atoms with Crippen molar-refractivity contribution in [3.05, 3.63) is 49.9 Å². The van der Waals surface area contributed by atoms with Crippen molar-refractivity contribution in [2.24, 2.45) is 0 Å². The van der Waals surface area contributed by atoms with E-state index < -0.39 is 0 Å². The Morgan fingerprint density at radius 3 is 2.84 bits per heavy atom. The number of amides is 1. The van der Waals surface area contributed by atoms with Crippen molar-refractivity contribution in [1.29, 1.82) is 0 Å². The highest BCUT2D eigenvalue weighted by Gasteiger charge is 2.22. The van der Waals surface area contributed by atoms with Gasteiger partial charge >= 0.3 is 0 Å². The van der Waals surface area contributed by atoms with Crippen molar-refractivity contribution in [3.8, 4) is 16.3 Å². The number of aromatic nitrogens is 2. The van der Waals surface area contributed by atoms with Crippen LogP contribution in [-0.4, -0.2) is 23.0 Å². The van der Waals surface area contributed by atoms with Crippen LogP contribution in [0.2, 0.25) is 0 Å². The van der Waals surface area contributed by atoms with Gasteiger partial charge in [0.05, 0.1) is 33.4 Å². The number of rotatable bonds is 4. The minimum atomic E-state index is -0.0190. The highest BCUT2D eigenvalue weighted by Crippen LogP contribution is 2.33. The van der Waals surface area contributed by atoms with Gasteiger partial charge in [0.15, 0.2) is 0 Å². The summed E-state index contributed by atoms with van der Waals surface area (Å²) in [6.45, 7) is 4.59. The molecule has 2 aromatic heterocycles. The highest BCUT2D eigenvalue weighted by atomic mass is 32.1. The van der Waals surface area contributed by atoms with E-state index in [1.807, 2.05) is 26.0 Å². The van der Waals surface area contributed by atoms with Crippen molar-refractivity contribution in [2.45, 2.75) is 26.8 Å². The Morgan fingerprint density at radius 2 is 2.12 bits per heavy atom. The highest BCUT2D eigenvalue weighted by molar-refractivity contribution is 7.15. The molecular formula is C18H17N3O2S2. The summed E-state index contributed by atoms with van der Waals surface area (Å²) in [5.74, 6) is 0.784. The maximum atomic E-state index is 11.9. The van der Waals surface area contributed by atoms with Gasteiger partial charge in [-0.1, -0.05) is 0 Å². The van der Waals surface area contributed by atoms with Crippen molar-refractivity contribution >= 4 is 28.6 Å². The molecule has 0 radical (unpaired) electrons. The monoisotopic (exact) mass is 371 g/mol. The normalized spacial score (nSPS) is 13.0. The van der Waals surface area contributed by atoms with Crippen molar-refractivity contribution in [1.82, 2.24) is 15.3 Å². The van der Waals surface area contributed by atoms with Gasteiger partial charge in [-0.3, -0.25) is 4.79 Å². The molecule has 25 heavy (non-hydrogen) atoms. The van der Waals surface area contributed by atoms with Crippen LogP contribution in [-0.2, 0) is 13.0 Å². The van der Waals surface area contributed by atoms with Gasteiger partial charge in [-0.15, -0.1) is 22.7 Å². The van der Waals surface area contributed by atoms with Crippen LogP contribution in [0.1, 0.15) is 37.2 Å². The Morgan fingerprint density at radius 1 is 1.28 bits per heavy atom. The largest absolute Gasteiger partial charge is 0.496 e. The van der Waals surface area contributed by atoms with Crippen LogP contribution in [0.4, 0.5) is 0 Å². The SMILES string of the molecule is COc1cc2c(cc1Cc1nc(-c3sc(C)nc3C)cs1)C(=O)NC2. The standard InChI is InChI=1S/C18H17N3O2S2/c1-9-17(25-10(2)20-9)14-8-24-16(21-14)6-11-4-13-12(5-15(11)23-3)7-19-18(13)22/h4-5,8H,6-7H2,1-3H3,(H,19,22). The summed E-state index contributed by atoms with van der Waals surface area (Å²) in [5.41, 5.74) is 4.70. The molecular weight excluding hydrogens is 354 g/mol. The molecule has 0 atom stereocenters. The number of benzene rings is 1. The number of nitrogens with zero attached hydrogens (tertiary/aromatic N) is 2. The number of thiazole rings is 2. The van der Waals surface area contributed by atoms with Crippen LogP contribution in [0, 0.1) is 13.8 Å². The molecule has 0 saturated heterocycles. The first-order valence-corrected chi connectivity index (χ1v) is 9.61. The third kappa shape index (κ3) is 2.94. The van der Waals surface area contributed by atoms with Crippen LogP contribution >= 0.6 is 22.7 Å². The van der Waals surface area contributed by atoms with Crippen molar-refractivity contribution in [3.63, 3.8) is 0 Å². The Balaban J connectivity index is 1.66. The molecule has 3 aromatic rings. The minimum Gasteiger partial charge on any atom is -0.496 e. The fourth-order valence-electron chi connectivity index (χ4n) is 3.05. The lowest BCUT2D eigenvalue weighted by Gasteiger charge is -2.09. The summed E-state index contributed by atoms with van der Waals surface area (Å²) in [6.07, 6.45) is 0.644. The van der Waals surface area contributed by atoms with Gasteiger partial charge < -0.3 is 10.1 Å². The summed E-state index contributed by atoms with van der Waals surface area (Å²) >= 11 is 3.29. The molecule has 5 nitrogen and oxygen atoms in total. The Hall–Kier alpha value is -2.25. The van der Waals surface area contributed by atoms with E-state index in [-0.39, 0.29) is 5.91 Å². The van der Waals surface area contributed by atoms with Gasteiger partial charge in [0.25, 0.3) is 5.91 Å². The molecule has 0 aliphatic carbocycles. The average Bonchev–Trinajstić information content (AvgIpc) is 3.27. The number of aryl methyl sites for hydroxylation is 2. The van der Waals surface area contributed by atoms with Crippen LogP contribution in [0.3, 0.4) is 0 Å². The zero-order valence-electron chi connectivity index (χ0n) is 14.2. The number of methoxy groups -OCH3 is 1. The quantitative estimate of drug-likeness (QED) is 0.759. The molecule has 1 aliphatic heterocycles. The summed E-state index contributed by atoms with van der Waals surface area (Å²) < 4.78 is 5.52. The second-order valence-corrected chi connectivity index (χ2v) is 8.10. The lowest BCUT2D eigenvalue weighted by Crippen LogP contribution is -2.12. The summed E-state index contributed by atoms with van der Waals surface area (Å²) in [5, 5.41) is 6.97. The van der Waals surface area contributed by atoms with E-state index in [2.05, 4.69) is 15.7 Å². The van der Waals surface area contributed by atoms with Crippen LogP contribution in [0.5, 0.6) is 5.75 Å². The predicted molar refractivity (Wildman–Crippen MR) is 99.7 cm³/mol. The summed E-state index contributed by atoms with van der Waals surface area (Å²) in [6, 6.07) is 3.88. The van der Waals surface area contributed by atoms with E-state index in [1.54, 1.807) is 29.8 Å². The zero-order chi connectivity index (χ0) is 17.6. The van der Waals surface area contributed by atoms with E-state index in [4.69, 9.17) is 9.72 Å². The second-order valence-electron chi connectivity index (χ2n) is 5.95. The average molecular weight is 371 g/mol. The molecule has 3 heterocycles. The second kappa shape index (κ2) is 6.24. The third-order valence-corrected chi connectivity index (χ3v) is 6.16. The molecule has 0 fully saturated rings. The first kappa shape index (κ1) is 16.2. The van der Waals surface area contributed by atoms with E-state index >= 15 is 0 Å². The number of hydrogen-bond acceptors (Lipinski definition) is 6. The molecule has 1 N–H and O–H groups in total. The minimum absolute atomic E-state index is 0.0190. The number of carbonyl (C=O) groups excluding carboxylic acids is 1. The molecule has 0 spiro atoms. The number of carbonyl (C=O) groups is 1. The maximum absolute atomic E-state index is 11.9. The molecule has 7 heteroatoms. The van der Waals surface area contributed by atoms with Gasteiger partial charge in [0, 0.05) is 29.5 Å². The molecule has 4 rings (SSSR count). The first-order chi connectivity index (χ1) is 12.0. The number of fused-ring (bicyclic) bond motifs is 1. The van der Waals surface area contributed by atoms with E-state index in [1.165, 1.54) is 0 Å². The van der Waals surface area contributed by atoms with E-state index in [0.717, 1.165) is 48.7 Å². The zero-order valence-corrected chi connectivity index (χ0v) is 15.8. The lowest BCUT2D eigenvalue weighted by molar-refractivity contribution is 0.0965. The molecule has 0 saturated carbocycles.